The molecule has 3 rings (SSSR count). The van der Waals surface area contributed by atoms with Gasteiger partial charge in [-0.05, 0) is 31.4 Å². The fraction of sp³-hybridized carbons (Fsp3) is 0.722. The molecular formula is C18H28N4O2S2. The molecule has 1 unspecified atom stereocenters. The standard InChI is InChI=1S/C18H28N4O2S2/c1-4-13(2)15-12-24-18(23)22(15)9-6-10-25-17-16(19-26-20-17)14-7-5-8-21(3)11-14/h7,13,15H,4-6,8-12H2,1-3H3/t13?,15-/m1/s1. The molecule has 1 amide bonds. The molecule has 2 atom stereocenters. The van der Waals surface area contributed by atoms with Crippen molar-refractivity contribution in [3.05, 3.63) is 11.8 Å². The van der Waals surface area contributed by atoms with E-state index in [1.807, 2.05) is 4.90 Å². The lowest BCUT2D eigenvalue weighted by Gasteiger charge is -2.25. The second kappa shape index (κ2) is 9.19. The molecule has 0 bridgehead atoms. The van der Waals surface area contributed by atoms with Crippen LogP contribution in [0.25, 0.3) is 5.57 Å². The number of likely N-dealkylation sites (N-methyl/N-ethyl adjacent to an activating group) is 1. The molecule has 8 heteroatoms. The molecule has 2 aliphatic heterocycles. The van der Waals surface area contributed by atoms with Gasteiger partial charge in [0.1, 0.15) is 17.3 Å². The average molecular weight is 397 g/mol. The van der Waals surface area contributed by atoms with Crippen molar-refractivity contribution in [3.8, 4) is 0 Å². The summed E-state index contributed by atoms with van der Waals surface area (Å²) in [6.07, 6.45) is 5.19. The molecule has 6 nitrogen and oxygen atoms in total. The summed E-state index contributed by atoms with van der Waals surface area (Å²) in [5, 5.41) is 1.03. The normalized spacial score (nSPS) is 22.4. The predicted octanol–water partition coefficient (Wildman–Crippen LogP) is 3.61. The van der Waals surface area contributed by atoms with E-state index in [1.54, 1.807) is 11.8 Å². The first-order valence-electron chi connectivity index (χ1n) is 9.36. The fourth-order valence-electron chi connectivity index (χ4n) is 3.41. The topological polar surface area (TPSA) is 58.6 Å². The summed E-state index contributed by atoms with van der Waals surface area (Å²) < 4.78 is 14.3. The van der Waals surface area contributed by atoms with E-state index >= 15 is 0 Å². The van der Waals surface area contributed by atoms with Gasteiger partial charge in [0.15, 0.2) is 0 Å². The van der Waals surface area contributed by atoms with Crippen LogP contribution in [0.2, 0.25) is 0 Å². The highest BCUT2D eigenvalue weighted by Crippen LogP contribution is 2.29. The summed E-state index contributed by atoms with van der Waals surface area (Å²) in [5.41, 5.74) is 2.33. The summed E-state index contributed by atoms with van der Waals surface area (Å²) in [6.45, 7) is 7.68. The fourth-order valence-corrected chi connectivity index (χ4v) is 5.04. The molecule has 144 valence electrons. The summed E-state index contributed by atoms with van der Waals surface area (Å²) in [4.78, 5) is 16.2. The molecule has 1 aromatic rings. The zero-order chi connectivity index (χ0) is 18.5. The Bertz CT molecular complexity index is 649. The Balaban J connectivity index is 1.51. The van der Waals surface area contributed by atoms with E-state index in [4.69, 9.17) is 4.74 Å². The van der Waals surface area contributed by atoms with Crippen molar-refractivity contribution in [1.29, 1.82) is 0 Å². The van der Waals surface area contributed by atoms with Gasteiger partial charge in [0.05, 0.1) is 17.8 Å². The Morgan fingerprint density at radius 2 is 2.31 bits per heavy atom. The number of carbonyl (C=O) groups is 1. The molecule has 1 fully saturated rings. The maximum absolute atomic E-state index is 12.0. The van der Waals surface area contributed by atoms with E-state index in [9.17, 15) is 4.79 Å². The van der Waals surface area contributed by atoms with Gasteiger partial charge in [-0.2, -0.15) is 8.75 Å². The quantitative estimate of drug-likeness (QED) is 0.494. The molecule has 0 aliphatic carbocycles. The van der Waals surface area contributed by atoms with Crippen molar-refractivity contribution in [1.82, 2.24) is 18.5 Å². The van der Waals surface area contributed by atoms with Gasteiger partial charge in [-0.15, -0.1) is 11.8 Å². The summed E-state index contributed by atoms with van der Waals surface area (Å²) in [7, 11) is 2.14. The van der Waals surface area contributed by atoms with Gasteiger partial charge in [-0.1, -0.05) is 26.3 Å². The minimum absolute atomic E-state index is 0.160. The maximum Gasteiger partial charge on any atom is 0.410 e. The minimum Gasteiger partial charge on any atom is -0.447 e. The van der Waals surface area contributed by atoms with Crippen LogP contribution >= 0.6 is 23.5 Å². The van der Waals surface area contributed by atoms with Crippen LogP contribution in [-0.4, -0.2) is 69.7 Å². The monoisotopic (exact) mass is 396 g/mol. The Labute approximate surface area is 164 Å². The third-order valence-electron chi connectivity index (χ3n) is 5.20. The van der Waals surface area contributed by atoms with Crippen LogP contribution in [0.1, 0.15) is 38.8 Å². The van der Waals surface area contributed by atoms with E-state index in [0.717, 1.165) is 55.4 Å². The molecule has 0 radical (unpaired) electrons. The Kier molecular flexibility index (Phi) is 6.94. The van der Waals surface area contributed by atoms with Crippen LogP contribution in [0.3, 0.4) is 0 Å². The number of nitrogens with zero attached hydrogens (tertiary/aromatic N) is 4. The van der Waals surface area contributed by atoms with Gasteiger partial charge in [-0.3, -0.25) is 0 Å². The van der Waals surface area contributed by atoms with E-state index in [2.05, 4.69) is 40.6 Å². The molecule has 0 saturated carbocycles. The van der Waals surface area contributed by atoms with Gasteiger partial charge in [-0.25, -0.2) is 4.79 Å². The minimum atomic E-state index is -0.160. The lowest BCUT2D eigenvalue weighted by Crippen LogP contribution is -2.38. The van der Waals surface area contributed by atoms with Crippen LogP contribution in [0, 0.1) is 5.92 Å². The number of thioether (sulfide) groups is 1. The largest absolute Gasteiger partial charge is 0.447 e. The Morgan fingerprint density at radius 1 is 1.46 bits per heavy atom. The number of ether oxygens (including phenoxy) is 1. The number of aromatic nitrogens is 2. The summed E-state index contributed by atoms with van der Waals surface area (Å²) >= 11 is 3.03. The lowest BCUT2D eigenvalue weighted by atomic mass is 9.99. The first-order valence-corrected chi connectivity index (χ1v) is 11.1. The van der Waals surface area contributed by atoms with Crippen molar-refractivity contribution in [3.63, 3.8) is 0 Å². The van der Waals surface area contributed by atoms with Crippen LogP contribution in [0.15, 0.2) is 11.1 Å². The molecule has 0 aromatic carbocycles. The number of hydrogen-bond donors (Lipinski definition) is 0. The van der Waals surface area contributed by atoms with Crippen LogP contribution in [0.4, 0.5) is 4.79 Å². The second-order valence-electron chi connectivity index (χ2n) is 7.10. The number of cyclic esters (lactones) is 1. The van der Waals surface area contributed by atoms with Crippen molar-refractivity contribution in [2.75, 3.05) is 39.0 Å². The lowest BCUT2D eigenvalue weighted by molar-refractivity contribution is 0.156. The number of rotatable bonds is 8. The zero-order valence-electron chi connectivity index (χ0n) is 15.8. The van der Waals surface area contributed by atoms with Crippen LogP contribution < -0.4 is 0 Å². The highest BCUT2D eigenvalue weighted by molar-refractivity contribution is 7.99. The molecule has 1 saturated heterocycles. The van der Waals surface area contributed by atoms with Crippen molar-refractivity contribution >= 4 is 35.2 Å². The molecule has 1 aromatic heterocycles. The first kappa shape index (κ1) is 19.6. The SMILES string of the molecule is CCC(C)[C@H]1COC(=O)N1CCCSc1nsnc1C1=CCCN(C)C1. The second-order valence-corrected chi connectivity index (χ2v) is 8.71. The number of hydrogen-bond acceptors (Lipinski definition) is 7. The van der Waals surface area contributed by atoms with Gasteiger partial charge in [0.25, 0.3) is 0 Å². The molecule has 2 aliphatic rings. The van der Waals surface area contributed by atoms with E-state index in [0.29, 0.717) is 12.5 Å². The molecule has 3 heterocycles. The van der Waals surface area contributed by atoms with Crippen LogP contribution in [-0.2, 0) is 4.74 Å². The van der Waals surface area contributed by atoms with E-state index in [1.165, 1.54) is 17.3 Å². The number of carbonyl (C=O) groups excluding carboxylic acids is 1. The van der Waals surface area contributed by atoms with Crippen molar-refractivity contribution in [2.45, 2.75) is 44.2 Å². The van der Waals surface area contributed by atoms with Gasteiger partial charge in [0.2, 0.25) is 0 Å². The predicted molar refractivity (Wildman–Crippen MR) is 107 cm³/mol. The molecule has 26 heavy (non-hydrogen) atoms. The Morgan fingerprint density at radius 3 is 3.08 bits per heavy atom. The van der Waals surface area contributed by atoms with Crippen LogP contribution in [0.5, 0.6) is 0 Å². The number of amides is 1. The van der Waals surface area contributed by atoms with Crippen molar-refractivity contribution in [2.24, 2.45) is 5.92 Å². The Hall–Kier alpha value is -1.12. The average Bonchev–Trinajstić information content (AvgIpc) is 3.25. The smallest absolute Gasteiger partial charge is 0.410 e. The maximum atomic E-state index is 12.0. The highest BCUT2D eigenvalue weighted by Gasteiger charge is 2.35. The third kappa shape index (κ3) is 4.58. The molecule has 0 N–H and O–H groups in total. The summed E-state index contributed by atoms with van der Waals surface area (Å²) in [6, 6.07) is 0.219. The van der Waals surface area contributed by atoms with E-state index in [-0.39, 0.29) is 12.1 Å². The molecular weight excluding hydrogens is 368 g/mol. The third-order valence-corrected chi connectivity index (χ3v) is 6.89. The van der Waals surface area contributed by atoms with E-state index < -0.39 is 0 Å². The zero-order valence-corrected chi connectivity index (χ0v) is 17.4. The summed E-state index contributed by atoms with van der Waals surface area (Å²) in [5.74, 6) is 1.40. The highest BCUT2D eigenvalue weighted by atomic mass is 32.2. The first-order chi connectivity index (χ1) is 12.6. The van der Waals surface area contributed by atoms with Gasteiger partial charge < -0.3 is 14.5 Å². The van der Waals surface area contributed by atoms with Gasteiger partial charge >= 0.3 is 6.09 Å². The van der Waals surface area contributed by atoms with Gasteiger partial charge in [0, 0.05) is 25.4 Å². The van der Waals surface area contributed by atoms with Crippen molar-refractivity contribution < 1.29 is 9.53 Å². The molecule has 0 spiro atoms.